The number of azo groups is 3. The summed E-state index contributed by atoms with van der Waals surface area (Å²) in [5.41, 5.74) is -1.27. The van der Waals surface area contributed by atoms with Gasteiger partial charge in [-0.15, -0.1) is 30.7 Å². The third kappa shape index (κ3) is 19.3. The average Bonchev–Trinajstić information content (AvgIpc) is 0.768. The maximum atomic E-state index is 11.8. The van der Waals surface area contributed by atoms with E-state index in [0.717, 1.165) is 91.0 Å². The van der Waals surface area contributed by atoms with Crippen molar-refractivity contribution >= 4 is 190 Å². The summed E-state index contributed by atoms with van der Waals surface area (Å²) >= 11 is 0. The van der Waals surface area contributed by atoms with Crippen LogP contribution in [0.1, 0.15) is 0 Å². The van der Waals surface area contributed by atoms with E-state index in [1.165, 1.54) is 72.8 Å². The fraction of sp³-hybridized carbons (Fsp3) is 0. The number of hydrogen-bond acceptors (Lipinski definition) is 30. The summed E-state index contributed by atoms with van der Waals surface area (Å²) in [6.07, 6.45) is 0. The van der Waals surface area contributed by atoms with E-state index in [0.29, 0.717) is 0 Å². The van der Waals surface area contributed by atoms with Crippen LogP contribution >= 0.6 is 0 Å². The third-order valence-corrected chi connectivity index (χ3v) is 22.8. The zero-order valence-corrected chi connectivity index (χ0v) is 67.6. The molecule has 546 valence electrons. The van der Waals surface area contributed by atoms with E-state index in [1.807, 2.05) is 0 Å². The monoisotopic (exact) mass is 1680 g/mol. The summed E-state index contributed by atoms with van der Waals surface area (Å²) in [4.78, 5) is -6.22. The van der Waals surface area contributed by atoms with E-state index in [1.54, 1.807) is 18.2 Å². The molecule has 0 saturated heterocycles. The summed E-state index contributed by atoms with van der Waals surface area (Å²) in [7, 11) is -43.4. The largest absolute Gasteiger partial charge is 1.00 e. The van der Waals surface area contributed by atoms with Gasteiger partial charge < -0.3 is 29.0 Å². The molecule has 0 unspecified atom stereocenters. The van der Waals surface area contributed by atoms with Crippen molar-refractivity contribution < 1.29 is 221 Å². The zero-order valence-electron chi connectivity index (χ0n) is 54.3. The molecule has 0 fully saturated rings. The van der Waals surface area contributed by atoms with Crippen molar-refractivity contribution in [1.82, 2.24) is 0 Å². The standard InChI is InChI=1S/3C20H14N2O10S3.3Na/c3*23-20-18(35(30,31)32)10-11-9-12(33(24,25)26)5-6-13(11)19(20)22-21-16-7-8-17(34(27,28)29)15-4-2-1-3-14(15)16;;;/h3*1-10,23H,(H,24,25,26)(H,27,28,29)(H,30,31,32);;;/q;;;3*+1/p-3. The van der Waals surface area contributed by atoms with Gasteiger partial charge in [-0.1, -0.05) is 91.0 Å². The Bertz CT molecular complexity index is 6330. The molecule has 12 aromatic carbocycles. The molecule has 9 N–H and O–H groups in total. The minimum atomic E-state index is -5.00. The van der Waals surface area contributed by atoms with Gasteiger partial charge in [0, 0.05) is 48.5 Å². The quantitative estimate of drug-likeness (QED) is 0.0399. The first-order chi connectivity index (χ1) is 48.5. The van der Waals surface area contributed by atoms with Crippen molar-refractivity contribution in [2.45, 2.75) is 44.1 Å². The molecule has 108 heavy (non-hydrogen) atoms. The summed E-state index contributed by atoms with van der Waals surface area (Å²) in [5.74, 6) is -2.98. The summed E-state index contributed by atoms with van der Waals surface area (Å²) in [6, 6.07) is 35.7. The number of phenols is 3. The predicted molar refractivity (Wildman–Crippen MR) is 364 cm³/mol. The maximum absolute atomic E-state index is 11.8. The predicted octanol–water partition coefficient (Wildman–Crippen LogP) is 1.55. The van der Waals surface area contributed by atoms with Crippen LogP contribution in [0.4, 0.5) is 34.1 Å². The van der Waals surface area contributed by atoms with Crippen molar-refractivity contribution in [3.63, 3.8) is 0 Å². The van der Waals surface area contributed by atoms with Crippen LogP contribution in [-0.4, -0.2) is 132 Å². The molecule has 48 heteroatoms. The number of benzene rings is 12. The smallest absolute Gasteiger partial charge is 0.744 e. The molecular formula is C60H39N6Na3O30S9. The second-order valence-electron chi connectivity index (χ2n) is 21.6. The maximum Gasteiger partial charge on any atom is 1.00 e. The summed E-state index contributed by atoms with van der Waals surface area (Å²) < 4.78 is 300. The van der Waals surface area contributed by atoms with Crippen LogP contribution in [0.15, 0.2) is 257 Å². The molecule has 0 spiro atoms. The van der Waals surface area contributed by atoms with Gasteiger partial charge in [-0.2, -0.15) is 50.5 Å². The van der Waals surface area contributed by atoms with Crippen LogP contribution < -0.4 is 88.7 Å². The Hall–Kier alpha value is -7.41. The van der Waals surface area contributed by atoms with E-state index in [9.17, 15) is 132 Å². The minimum absolute atomic E-state index is 0. The molecule has 12 rings (SSSR count). The van der Waals surface area contributed by atoms with Gasteiger partial charge in [0.25, 0.3) is 60.7 Å². The molecule has 12 aromatic rings. The molecule has 0 aromatic heterocycles. The number of nitrogens with zero attached hydrogens (tertiary/aromatic N) is 6. The molecule has 0 radical (unpaired) electrons. The first-order valence-electron chi connectivity index (χ1n) is 28.0. The van der Waals surface area contributed by atoms with Crippen LogP contribution in [0.25, 0.3) is 64.6 Å². The molecule has 36 nitrogen and oxygen atoms in total. The summed E-state index contributed by atoms with van der Waals surface area (Å²) in [6.45, 7) is 0. The molecule has 0 atom stereocenters. The third-order valence-electron chi connectivity index (χ3n) is 15.0. The van der Waals surface area contributed by atoms with Gasteiger partial charge in [0.1, 0.15) is 62.1 Å². The van der Waals surface area contributed by atoms with Gasteiger partial charge in [0.05, 0.1) is 46.4 Å². The Labute approximate surface area is 676 Å². The Kier molecular flexibility index (Phi) is 26.4. The molecule has 0 aliphatic carbocycles. The van der Waals surface area contributed by atoms with Crippen LogP contribution in [-0.2, 0) is 91.1 Å². The van der Waals surface area contributed by atoms with Gasteiger partial charge in [-0.25, -0.2) is 25.3 Å². The SMILES string of the molecule is O=S(=O)([O-])c1ccc(N=Nc2c(O)c(S(=O)(=O)O)cc3cc(S(=O)(=O)O)ccc23)c2ccccc12.O=S(=O)([O-])c1ccc(N=Nc2c(O)c(S(=O)(=O)O)cc3cc(S(=O)(=O)O)ccc23)c2ccccc12.O=S(=O)([O-])c1ccc(N=Nc2c(O)c(S(=O)(=O)O)cc3cc(S(=O)(=O)O)ccc23)c2ccccc12.[Na+].[Na+].[Na+]. The number of rotatable bonds is 15. The van der Waals surface area contributed by atoms with E-state index in [2.05, 4.69) is 30.7 Å². The van der Waals surface area contributed by atoms with Crippen molar-refractivity contribution in [2.75, 3.05) is 0 Å². The Morgan fingerprint density at radius 2 is 0.444 bits per heavy atom. The fourth-order valence-corrected chi connectivity index (χ4v) is 15.8. The zero-order chi connectivity index (χ0) is 77.3. The molecule has 0 bridgehead atoms. The van der Waals surface area contributed by atoms with Gasteiger partial charge in [-0.3, -0.25) is 27.3 Å². The van der Waals surface area contributed by atoms with Crippen LogP contribution in [0.2, 0.25) is 0 Å². The second kappa shape index (κ2) is 32.5. The molecule has 0 aliphatic rings. The number of aromatic hydroxyl groups is 3. The first-order valence-corrected chi connectivity index (χ1v) is 40.8. The first kappa shape index (κ1) is 87.8. The van der Waals surface area contributed by atoms with E-state index >= 15 is 0 Å². The van der Waals surface area contributed by atoms with Gasteiger partial charge in [0.2, 0.25) is 0 Å². The normalized spacial score (nSPS) is 12.8. The van der Waals surface area contributed by atoms with Crippen LogP contribution in [0.3, 0.4) is 0 Å². The molecular weight excluding hydrogens is 1640 g/mol. The number of fused-ring (bicyclic) bond motifs is 6. The number of hydrogen-bond donors (Lipinski definition) is 9. The number of phenolic OH excluding ortho intramolecular Hbond substituents is 3. The Morgan fingerprint density at radius 1 is 0.231 bits per heavy atom. The molecule has 0 saturated carbocycles. The topological polar surface area (TPSA) is 633 Å². The van der Waals surface area contributed by atoms with Crippen LogP contribution in [0.5, 0.6) is 17.2 Å². The van der Waals surface area contributed by atoms with Crippen molar-refractivity contribution in [1.29, 1.82) is 0 Å². The van der Waals surface area contributed by atoms with E-state index in [-0.39, 0.29) is 170 Å². The van der Waals surface area contributed by atoms with Gasteiger partial charge >= 0.3 is 88.7 Å². The molecule has 0 aliphatic heterocycles. The Balaban J connectivity index is 0.000000223. The van der Waals surface area contributed by atoms with Crippen molar-refractivity contribution in [3.8, 4) is 17.2 Å². The van der Waals surface area contributed by atoms with E-state index < -0.39 is 169 Å². The minimum Gasteiger partial charge on any atom is -0.744 e. The van der Waals surface area contributed by atoms with Gasteiger partial charge in [0.15, 0.2) is 17.2 Å². The molecule has 0 heterocycles. The second-order valence-corrected chi connectivity index (χ2v) is 34.0. The fourth-order valence-electron chi connectivity index (χ4n) is 10.4. The van der Waals surface area contributed by atoms with Gasteiger partial charge in [-0.05, 0) is 107 Å². The van der Waals surface area contributed by atoms with Crippen molar-refractivity contribution in [3.05, 3.63) is 182 Å². The van der Waals surface area contributed by atoms with Crippen LogP contribution in [0, 0.1) is 0 Å². The molecule has 0 amide bonds. The Morgan fingerprint density at radius 3 is 0.639 bits per heavy atom. The average molecular weight is 1680 g/mol. The summed E-state index contributed by atoms with van der Waals surface area (Å²) in [5, 5.41) is 55.4. The van der Waals surface area contributed by atoms with E-state index in [4.69, 9.17) is 0 Å². The van der Waals surface area contributed by atoms with Crippen molar-refractivity contribution in [2.24, 2.45) is 30.7 Å².